The summed E-state index contributed by atoms with van der Waals surface area (Å²) in [5.41, 5.74) is 2.47. The van der Waals surface area contributed by atoms with Crippen molar-refractivity contribution in [3.05, 3.63) is 30.0 Å². The van der Waals surface area contributed by atoms with Crippen molar-refractivity contribution in [1.82, 2.24) is 20.4 Å². The van der Waals surface area contributed by atoms with E-state index in [1.54, 1.807) is 0 Å². The number of hydrogen-bond donors (Lipinski definition) is 2. The van der Waals surface area contributed by atoms with Gasteiger partial charge < -0.3 is 10.2 Å². The molecule has 1 aromatic heterocycles. The zero-order chi connectivity index (χ0) is 12.7. The lowest BCUT2D eigenvalue weighted by molar-refractivity contribution is 0.0720. The van der Waals surface area contributed by atoms with Crippen molar-refractivity contribution in [3.8, 4) is 0 Å². The van der Waals surface area contributed by atoms with E-state index in [0.717, 1.165) is 18.0 Å². The maximum absolute atomic E-state index is 4.07. The Morgan fingerprint density at radius 2 is 2.21 bits per heavy atom. The van der Waals surface area contributed by atoms with Gasteiger partial charge in [-0.15, -0.1) is 0 Å². The van der Waals surface area contributed by atoms with Gasteiger partial charge in [0, 0.05) is 24.5 Å². The van der Waals surface area contributed by atoms with Crippen LogP contribution in [0.2, 0.25) is 0 Å². The third-order valence-electron chi connectivity index (χ3n) is 4.73. The van der Waals surface area contributed by atoms with Gasteiger partial charge in [0.25, 0.3) is 0 Å². The second-order valence-electron chi connectivity index (χ2n) is 5.92. The Morgan fingerprint density at radius 1 is 1.32 bits per heavy atom. The molecule has 3 saturated heterocycles. The Labute approximate surface area is 113 Å². The molecule has 4 heteroatoms. The summed E-state index contributed by atoms with van der Waals surface area (Å²) >= 11 is 0. The summed E-state index contributed by atoms with van der Waals surface area (Å²) in [6.45, 7) is 4.81. The molecular formula is C15H20N4. The highest BCUT2D eigenvalue weighted by atomic mass is 15.2. The normalized spacial score (nSPS) is 30.0. The van der Waals surface area contributed by atoms with Gasteiger partial charge in [-0.3, -0.25) is 5.10 Å². The van der Waals surface area contributed by atoms with Crippen molar-refractivity contribution in [2.24, 2.45) is 5.92 Å². The highest BCUT2D eigenvalue weighted by Gasteiger charge is 2.33. The molecule has 3 aliphatic rings. The maximum atomic E-state index is 4.07. The van der Waals surface area contributed by atoms with E-state index in [0.29, 0.717) is 6.04 Å². The van der Waals surface area contributed by atoms with E-state index in [9.17, 15) is 0 Å². The number of aromatic nitrogens is 2. The summed E-state index contributed by atoms with van der Waals surface area (Å²) in [6.07, 6.45) is 4.62. The summed E-state index contributed by atoms with van der Waals surface area (Å²) in [6, 6.07) is 7.23. The molecule has 0 aliphatic carbocycles. The van der Waals surface area contributed by atoms with E-state index in [1.807, 2.05) is 6.20 Å². The molecule has 1 aromatic carbocycles. The van der Waals surface area contributed by atoms with Crippen LogP contribution >= 0.6 is 0 Å². The van der Waals surface area contributed by atoms with Crippen molar-refractivity contribution < 1.29 is 0 Å². The van der Waals surface area contributed by atoms with Crippen LogP contribution in [0.25, 0.3) is 10.9 Å². The molecule has 5 rings (SSSR count). The summed E-state index contributed by atoms with van der Waals surface area (Å²) in [5.74, 6) is 0.890. The Morgan fingerprint density at radius 3 is 3.00 bits per heavy atom. The first-order valence-corrected chi connectivity index (χ1v) is 7.26. The van der Waals surface area contributed by atoms with Gasteiger partial charge in [0.2, 0.25) is 0 Å². The van der Waals surface area contributed by atoms with E-state index in [2.05, 4.69) is 38.6 Å². The van der Waals surface area contributed by atoms with E-state index in [1.165, 1.54) is 43.4 Å². The van der Waals surface area contributed by atoms with Crippen LogP contribution in [-0.2, 0) is 6.54 Å². The number of rotatable bonds is 3. The van der Waals surface area contributed by atoms with Crippen molar-refractivity contribution in [2.75, 3.05) is 19.6 Å². The number of piperidine rings is 3. The Bertz CT molecular complexity index is 568. The monoisotopic (exact) mass is 256 g/mol. The minimum Gasteiger partial charge on any atom is -0.308 e. The summed E-state index contributed by atoms with van der Waals surface area (Å²) in [5, 5.41) is 12.0. The lowest BCUT2D eigenvalue weighted by atomic mass is 9.84. The van der Waals surface area contributed by atoms with Crippen molar-refractivity contribution in [3.63, 3.8) is 0 Å². The molecule has 2 aromatic rings. The lowest BCUT2D eigenvalue weighted by Crippen LogP contribution is -2.55. The zero-order valence-corrected chi connectivity index (χ0v) is 11.1. The molecule has 3 aliphatic heterocycles. The highest BCUT2D eigenvalue weighted by molar-refractivity contribution is 5.78. The topological polar surface area (TPSA) is 44.0 Å². The van der Waals surface area contributed by atoms with Crippen LogP contribution in [0.5, 0.6) is 0 Å². The number of H-pyrrole nitrogens is 1. The Balaban J connectivity index is 1.44. The van der Waals surface area contributed by atoms with Crippen LogP contribution < -0.4 is 5.32 Å². The SMILES string of the molecule is c1cc2cn[nH]c2cc1CN[C@@H]1CN2CCC1CC2. The lowest BCUT2D eigenvalue weighted by Gasteiger charge is -2.45. The summed E-state index contributed by atoms with van der Waals surface area (Å²) < 4.78 is 0. The number of fused-ring (bicyclic) bond motifs is 4. The number of aromatic amines is 1. The van der Waals surface area contributed by atoms with Gasteiger partial charge in [0.05, 0.1) is 11.7 Å². The fourth-order valence-corrected chi connectivity index (χ4v) is 3.54. The first-order valence-electron chi connectivity index (χ1n) is 7.26. The molecule has 4 heterocycles. The molecular weight excluding hydrogens is 236 g/mol. The average Bonchev–Trinajstić information content (AvgIpc) is 2.94. The van der Waals surface area contributed by atoms with Gasteiger partial charge >= 0.3 is 0 Å². The van der Waals surface area contributed by atoms with Gasteiger partial charge in [0.1, 0.15) is 0 Å². The standard InChI is InChI=1S/C15H20N4/c1-2-13-9-17-18-14(13)7-11(1)8-16-15-10-19-5-3-12(15)4-6-19/h1-2,7,9,12,15-16H,3-6,8,10H2,(H,17,18)/t15-/m1/s1. The van der Waals surface area contributed by atoms with Gasteiger partial charge in [-0.05, 0) is 43.5 Å². The van der Waals surface area contributed by atoms with Gasteiger partial charge in [-0.25, -0.2) is 0 Å². The Kier molecular flexibility index (Phi) is 2.78. The zero-order valence-electron chi connectivity index (χ0n) is 11.1. The van der Waals surface area contributed by atoms with Gasteiger partial charge in [0.15, 0.2) is 0 Å². The van der Waals surface area contributed by atoms with E-state index in [4.69, 9.17) is 0 Å². The van der Waals surface area contributed by atoms with Crippen LogP contribution in [0.3, 0.4) is 0 Å². The number of nitrogens with one attached hydrogen (secondary N) is 2. The molecule has 0 amide bonds. The van der Waals surface area contributed by atoms with E-state index < -0.39 is 0 Å². The molecule has 0 unspecified atom stereocenters. The van der Waals surface area contributed by atoms with Crippen LogP contribution in [0.15, 0.2) is 24.4 Å². The van der Waals surface area contributed by atoms with Crippen LogP contribution in [-0.4, -0.2) is 40.8 Å². The number of hydrogen-bond acceptors (Lipinski definition) is 3. The predicted molar refractivity (Wildman–Crippen MR) is 75.9 cm³/mol. The first kappa shape index (κ1) is 11.4. The number of benzene rings is 1. The molecule has 2 bridgehead atoms. The molecule has 0 spiro atoms. The van der Waals surface area contributed by atoms with E-state index >= 15 is 0 Å². The molecule has 3 fully saturated rings. The molecule has 4 nitrogen and oxygen atoms in total. The second-order valence-corrected chi connectivity index (χ2v) is 5.92. The van der Waals surface area contributed by atoms with Crippen molar-refractivity contribution in [1.29, 1.82) is 0 Å². The Hall–Kier alpha value is -1.39. The average molecular weight is 256 g/mol. The van der Waals surface area contributed by atoms with Crippen molar-refractivity contribution >= 4 is 10.9 Å². The van der Waals surface area contributed by atoms with Gasteiger partial charge in [-0.1, -0.05) is 12.1 Å². The quantitative estimate of drug-likeness (QED) is 0.879. The third kappa shape index (κ3) is 2.15. The van der Waals surface area contributed by atoms with Gasteiger partial charge in [-0.2, -0.15) is 5.10 Å². The largest absolute Gasteiger partial charge is 0.308 e. The highest BCUT2D eigenvalue weighted by Crippen LogP contribution is 2.27. The summed E-state index contributed by atoms with van der Waals surface area (Å²) in [4.78, 5) is 2.59. The molecule has 0 saturated carbocycles. The van der Waals surface area contributed by atoms with Crippen LogP contribution in [0, 0.1) is 5.92 Å². The molecule has 0 radical (unpaired) electrons. The molecule has 2 N–H and O–H groups in total. The van der Waals surface area contributed by atoms with Crippen LogP contribution in [0.4, 0.5) is 0 Å². The fourth-order valence-electron chi connectivity index (χ4n) is 3.54. The third-order valence-corrected chi connectivity index (χ3v) is 4.73. The maximum Gasteiger partial charge on any atom is 0.0653 e. The number of nitrogens with zero attached hydrogens (tertiary/aromatic N) is 2. The minimum absolute atomic E-state index is 0.681. The smallest absolute Gasteiger partial charge is 0.0653 e. The van der Waals surface area contributed by atoms with Crippen LogP contribution in [0.1, 0.15) is 18.4 Å². The second kappa shape index (κ2) is 4.62. The minimum atomic E-state index is 0.681. The predicted octanol–water partition coefficient (Wildman–Crippen LogP) is 1.75. The van der Waals surface area contributed by atoms with E-state index in [-0.39, 0.29) is 0 Å². The molecule has 100 valence electrons. The fraction of sp³-hybridized carbons (Fsp3) is 0.533. The first-order chi connectivity index (χ1) is 9.38. The molecule has 19 heavy (non-hydrogen) atoms. The van der Waals surface area contributed by atoms with Crippen molar-refractivity contribution in [2.45, 2.75) is 25.4 Å². The summed E-state index contributed by atoms with van der Waals surface area (Å²) in [7, 11) is 0. The molecule has 1 atom stereocenters.